The van der Waals surface area contributed by atoms with Gasteiger partial charge in [-0.2, -0.15) is 0 Å². The lowest BCUT2D eigenvalue weighted by Gasteiger charge is -2.40. The van der Waals surface area contributed by atoms with E-state index < -0.39 is 0 Å². The summed E-state index contributed by atoms with van der Waals surface area (Å²) in [5.74, 6) is 3.08. The monoisotopic (exact) mass is 407 g/mol. The molecule has 31 heavy (non-hydrogen) atoms. The molecule has 5 nitrogen and oxygen atoms in total. The minimum atomic E-state index is 0.396. The lowest BCUT2D eigenvalue weighted by atomic mass is 9.95. The molecule has 0 saturated carbocycles. The summed E-state index contributed by atoms with van der Waals surface area (Å²) < 4.78 is 0. The standard InChI is InChI=1S/C26H25N5/c1-2-6-19(7-3-1)21-12-15-30(16-21)26-25(27-13-14-28-26)22-17-31(18-22)24-11-10-20-8-4-5-9-23(20)29-24/h1-11,13-14,21-22H,12,15-18H2. The van der Waals surface area contributed by atoms with Crippen LogP contribution in [0.15, 0.2) is 79.1 Å². The van der Waals surface area contributed by atoms with Gasteiger partial charge in [0.1, 0.15) is 5.82 Å². The van der Waals surface area contributed by atoms with E-state index in [0.29, 0.717) is 11.8 Å². The Bertz CT molecular complexity index is 1200. The van der Waals surface area contributed by atoms with E-state index in [9.17, 15) is 0 Å². The predicted octanol–water partition coefficient (Wildman–Crippen LogP) is 4.62. The first-order valence-electron chi connectivity index (χ1n) is 11.1. The van der Waals surface area contributed by atoms with Crippen LogP contribution in [0, 0.1) is 0 Å². The maximum atomic E-state index is 4.85. The molecule has 4 heterocycles. The Hall–Kier alpha value is -3.47. The summed E-state index contributed by atoms with van der Waals surface area (Å²) in [4.78, 5) is 19.1. The lowest BCUT2D eigenvalue weighted by molar-refractivity contribution is 0.507. The van der Waals surface area contributed by atoms with Crippen molar-refractivity contribution in [2.24, 2.45) is 0 Å². The summed E-state index contributed by atoms with van der Waals surface area (Å²) in [5.41, 5.74) is 3.61. The molecule has 2 aliphatic rings. The third-order valence-corrected chi connectivity index (χ3v) is 6.64. The summed E-state index contributed by atoms with van der Waals surface area (Å²) in [5, 5.41) is 1.18. The van der Waals surface area contributed by atoms with Crippen LogP contribution in [-0.4, -0.2) is 41.1 Å². The number of fused-ring (bicyclic) bond motifs is 1. The maximum absolute atomic E-state index is 4.85. The van der Waals surface area contributed by atoms with E-state index in [-0.39, 0.29) is 0 Å². The zero-order valence-electron chi connectivity index (χ0n) is 17.4. The third kappa shape index (κ3) is 3.40. The molecule has 0 spiro atoms. The number of anilines is 2. The minimum Gasteiger partial charge on any atom is -0.355 e. The number of para-hydroxylation sites is 1. The smallest absolute Gasteiger partial charge is 0.150 e. The molecular formula is C26H25N5. The lowest BCUT2D eigenvalue weighted by Crippen LogP contribution is -2.46. The normalized spacial score (nSPS) is 19.0. The van der Waals surface area contributed by atoms with Gasteiger partial charge >= 0.3 is 0 Å². The Labute approximate surface area is 182 Å². The Balaban J connectivity index is 1.18. The van der Waals surface area contributed by atoms with Gasteiger partial charge in [-0.3, -0.25) is 4.98 Å². The summed E-state index contributed by atoms with van der Waals surface area (Å²) in [7, 11) is 0. The highest BCUT2D eigenvalue weighted by molar-refractivity contribution is 5.80. The molecule has 2 saturated heterocycles. The molecule has 0 N–H and O–H groups in total. The second kappa shape index (κ2) is 7.65. The Kier molecular flexibility index (Phi) is 4.52. The van der Waals surface area contributed by atoms with E-state index in [1.54, 1.807) is 0 Å². The zero-order valence-corrected chi connectivity index (χ0v) is 17.4. The summed E-state index contributed by atoms with van der Waals surface area (Å²) in [6.07, 6.45) is 4.83. The topological polar surface area (TPSA) is 45.2 Å². The van der Waals surface area contributed by atoms with Gasteiger partial charge in [0.25, 0.3) is 0 Å². The highest BCUT2D eigenvalue weighted by Crippen LogP contribution is 2.37. The summed E-state index contributed by atoms with van der Waals surface area (Å²) in [6, 6.07) is 23.4. The van der Waals surface area contributed by atoms with Crippen LogP contribution >= 0.6 is 0 Å². The van der Waals surface area contributed by atoms with E-state index in [0.717, 1.165) is 55.4 Å². The first kappa shape index (κ1) is 18.3. The molecule has 5 heteroatoms. The van der Waals surface area contributed by atoms with Gasteiger partial charge in [-0.15, -0.1) is 0 Å². The van der Waals surface area contributed by atoms with Crippen LogP contribution in [0.2, 0.25) is 0 Å². The number of nitrogens with zero attached hydrogens (tertiary/aromatic N) is 5. The Morgan fingerprint density at radius 3 is 2.39 bits per heavy atom. The average Bonchev–Trinajstić information content (AvgIpc) is 3.29. The van der Waals surface area contributed by atoms with Crippen molar-refractivity contribution in [3.05, 3.63) is 90.4 Å². The van der Waals surface area contributed by atoms with Gasteiger partial charge in [-0.1, -0.05) is 48.5 Å². The number of pyridine rings is 1. The number of hydrogen-bond acceptors (Lipinski definition) is 5. The second-order valence-electron chi connectivity index (χ2n) is 8.57. The van der Waals surface area contributed by atoms with Crippen molar-refractivity contribution in [3.63, 3.8) is 0 Å². The molecule has 0 aliphatic carbocycles. The van der Waals surface area contributed by atoms with Crippen LogP contribution in [-0.2, 0) is 0 Å². The number of benzene rings is 2. The van der Waals surface area contributed by atoms with Crippen LogP contribution in [0.4, 0.5) is 11.6 Å². The molecule has 0 amide bonds. The van der Waals surface area contributed by atoms with E-state index in [2.05, 4.69) is 70.5 Å². The van der Waals surface area contributed by atoms with Crippen molar-refractivity contribution >= 4 is 22.5 Å². The zero-order chi connectivity index (χ0) is 20.6. The van der Waals surface area contributed by atoms with Crippen LogP contribution in [0.5, 0.6) is 0 Å². The number of aromatic nitrogens is 3. The number of hydrogen-bond donors (Lipinski definition) is 0. The van der Waals surface area contributed by atoms with Crippen LogP contribution in [0.1, 0.15) is 29.5 Å². The summed E-state index contributed by atoms with van der Waals surface area (Å²) >= 11 is 0. The van der Waals surface area contributed by atoms with Gasteiger partial charge in [0.2, 0.25) is 0 Å². The molecule has 0 bridgehead atoms. The van der Waals surface area contributed by atoms with E-state index >= 15 is 0 Å². The fourth-order valence-corrected chi connectivity index (χ4v) is 4.89. The van der Waals surface area contributed by atoms with Gasteiger partial charge in [-0.05, 0) is 30.2 Å². The molecule has 1 atom stereocenters. The van der Waals surface area contributed by atoms with Crippen molar-refractivity contribution in [2.75, 3.05) is 36.0 Å². The highest BCUT2D eigenvalue weighted by Gasteiger charge is 2.35. The molecule has 2 aromatic heterocycles. The van der Waals surface area contributed by atoms with Gasteiger partial charge in [0, 0.05) is 55.8 Å². The molecule has 4 aromatic rings. The Morgan fingerprint density at radius 1 is 0.710 bits per heavy atom. The van der Waals surface area contributed by atoms with Crippen molar-refractivity contribution in [1.29, 1.82) is 0 Å². The van der Waals surface area contributed by atoms with Gasteiger partial charge < -0.3 is 9.80 Å². The van der Waals surface area contributed by atoms with Crippen molar-refractivity contribution in [3.8, 4) is 0 Å². The molecule has 2 aromatic carbocycles. The van der Waals surface area contributed by atoms with Crippen LogP contribution in [0.25, 0.3) is 10.9 Å². The van der Waals surface area contributed by atoms with Crippen LogP contribution < -0.4 is 9.80 Å². The van der Waals surface area contributed by atoms with Crippen molar-refractivity contribution < 1.29 is 0 Å². The Morgan fingerprint density at radius 2 is 1.48 bits per heavy atom. The van der Waals surface area contributed by atoms with E-state index in [1.807, 2.05) is 18.5 Å². The van der Waals surface area contributed by atoms with E-state index in [1.165, 1.54) is 10.9 Å². The predicted molar refractivity (Wildman–Crippen MR) is 125 cm³/mol. The highest BCUT2D eigenvalue weighted by atomic mass is 15.3. The second-order valence-corrected chi connectivity index (χ2v) is 8.57. The first-order chi connectivity index (χ1) is 15.3. The van der Waals surface area contributed by atoms with Crippen molar-refractivity contribution in [2.45, 2.75) is 18.3 Å². The molecule has 6 rings (SSSR count). The third-order valence-electron chi connectivity index (χ3n) is 6.64. The molecule has 154 valence electrons. The molecule has 2 aliphatic heterocycles. The van der Waals surface area contributed by atoms with Crippen molar-refractivity contribution in [1.82, 2.24) is 15.0 Å². The molecular weight excluding hydrogens is 382 g/mol. The quantitative estimate of drug-likeness (QED) is 0.494. The molecule has 1 unspecified atom stereocenters. The average molecular weight is 408 g/mol. The number of rotatable bonds is 4. The van der Waals surface area contributed by atoms with Gasteiger partial charge in [0.05, 0.1) is 11.2 Å². The SMILES string of the molecule is c1ccc(C2CCN(c3nccnc3C3CN(c4ccc5ccccc5n4)C3)C2)cc1. The fraction of sp³-hybridized carbons (Fsp3) is 0.269. The van der Waals surface area contributed by atoms with Gasteiger partial charge in [0.15, 0.2) is 5.82 Å². The molecule has 2 fully saturated rings. The minimum absolute atomic E-state index is 0.396. The maximum Gasteiger partial charge on any atom is 0.150 e. The molecule has 0 radical (unpaired) electrons. The first-order valence-corrected chi connectivity index (χ1v) is 11.1. The summed E-state index contributed by atoms with van der Waals surface area (Å²) in [6.45, 7) is 3.92. The van der Waals surface area contributed by atoms with E-state index in [4.69, 9.17) is 15.0 Å². The van der Waals surface area contributed by atoms with Crippen LogP contribution in [0.3, 0.4) is 0 Å². The van der Waals surface area contributed by atoms with Gasteiger partial charge in [-0.25, -0.2) is 9.97 Å². The fourth-order valence-electron chi connectivity index (χ4n) is 4.89. The largest absolute Gasteiger partial charge is 0.355 e.